The minimum absolute atomic E-state index is 0.154. The molecule has 0 radical (unpaired) electrons. The van der Waals surface area contributed by atoms with E-state index in [-0.39, 0.29) is 5.91 Å². The van der Waals surface area contributed by atoms with Gasteiger partial charge in [-0.1, -0.05) is 0 Å². The van der Waals surface area contributed by atoms with Crippen LogP contribution in [0.1, 0.15) is 30.8 Å². The zero-order valence-corrected chi connectivity index (χ0v) is 11.2. The largest absolute Gasteiger partial charge is 0.385 e. The first-order chi connectivity index (χ1) is 8.63. The third-order valence-electron chi connectivity index (χ3n) is 2.26. The van der Waals surface area contributed by atoms with Crippen molar-refractivity contribution in [2.45, 2.75) is 26.3 Å². The lowest BCUT2D eigenvalue weighted by atomic mass is 10.2. The molecule has 18 heavy (non-hydrogen) atoms. The van der Waals surface area contributed by atoms with Gasteiger partial charge in [-0.05, 0) is 32.4 Å². The topological polar surface area (TPSA) is 63.2 Å². The molecule has 1 aromatic rings. The maximum Gasteiger partial charge on any atom is 0.269 e. The van der Waals surface area contributed by atoms with Gasteiger partial charge < -0.3 is 15.4 Å². The van der Waals surface area contributed by atoms with E-state index in [1.54, 1.807) is 19.4 Å². The van der Waals surface area contributed by atoms with E-state index in [4.69, 9.17) is 4.74 Å². The van der Waals surface area contributed by atoms with E-state index in [0.29, 0.717) is 24.9 Å². The standard InChI is InChI=1S/C13H21N3O2/c1-10(2)16-11-5-7-14-12(9-11)13(17)15-6-4-8-18-3/h5,7,9-10H,4,6,8H2,1-3H3,(H,14,16)(H,15,17). The Kier molecular flexibility index (Phi) is 6.14. The van der Waals surface area contributed by atoms with E-state index < -0.39 is 0 Å². The van der Waals surface area contributed by atoms with Crippen LogP contribution in [-0.2, 0) is 4.74 Å². The van der Waals surface area contributed by atoms with Crippen LogP contribution >= 0.6 is 0 Å². The summed E-state index contributed by atoms with van der Waals surface area (Å²) in [5.74, 6) is -0.154. The molecule has 0 bridgehead atoms. The average Bonchev–Trinajstić information content (AvgIpc) is 2.34. The van der Waals surface area contributed by atoms with Gasteiger partial charge in [0, 0.05) is 38.2 Å². The summed E-state index contributed by atoms with van der Waals surface area (Å²) in [7, 11) is 1.64. The van der Waals surface area contributed by atoms with Gasteiger partial charge in [0.15, 0.2) is 0 Å². The minimum atomic E-state index is -0.154. The molecule has 0 aliphatic rings. The van der Waals surface area contributed by atoms with Crippen molar-refractivity contribution in [1.29, 1.82) is 0 Å². The van der Waals surface area contributed by atoms with Crippen molar-refractivity contribution in [3.63, 3.8) is 0 Å². The van der Waals surface area contributed by atoms with E-state index in [1.807, 2.05) is 19.9 Å². The van der Waals surface area contributed by atoms with Crippen molar-refractivity contribution in [1.82, 2.24) is 10.3 Å². The second-order valence-corrected chi connectivity index (χ2v) is 4.33. The predicted molar refractivity (Wildman–Crippen MR) is 71.8 cm³/mol. The Morgan fingerprint density at radius 3 is 2.94 bits per heavy atom. The molecule has 0 fully saturated rings. The van der Waals surface area contributed by atoms with Crippen molar-refractivity contribution in [2.24, 2.45) is 0 Å². The summed E-state index contributed by atoms with van der Waals surface area (Å²) >= 11 is 0. The number of hydrogen-bond donors (Lipinski definition) is 2. The number of pyridine rings is 1. The van der Waals surface area contributed by atoms with E-state index >= 15 is 0 Å². The lowest BCUT2D eigenvalue weighted by molar-refractivity contribution is 0.0943. The third-order valence-corrected chi connectivity index (χ3v) is 2.26. The number of aromatic nitrogens is 1. The number of nitrogens with one attached hydrogen (secondary N) is 2. The van der Waals surface area contributed by atoms with Crippen molar-refractivity contribution < 1.29 is 9.53 Å². The maximum absolute atomic E-state index is 11.8. The summed E-state index contributed by atoms with van der Waals surface area (Å²) in [6, 6.07) is 3.93. The van der Waals surface area contributed by atoms with Crippen LogP contribution in [0.5, 0.6) is 0 Å². The molecule has 1 aromatic heterocycles. The van der Waals surface area contributed by atoms with E-state index in [2.05, 4.69) is 15.6 Å². The van der Waals surface area contributed by atoms with Gasteiger partial charge in [0.25, 0.3) is 5.91 Å². The molecule has 1 heterocycles. The van der Waals surface area contributed by atoms with Gasteiger partial charge in [-0.2, -0.15) is 0 Å². The van der Waals surface area contributed by atoms with Crippen molar-refractivity contribution >= 4 is 11.6 Å². The fourth-order valence-corrected chi connectivity index (χ4v) is 1.49. The molecule has 5 heteroatoms. The predicted octanol–water partition coefficient (Wildman–Crippen LogP) is 1.67. The molecule has 5 nitrogen and oxygen atoms in total. The first-order valence-electron chi connectivity index (χ1n) is 6.13. The molecular formula is C13H21N3O2. The van der Waals surface area contributed by atoms with Gasteiger partial charge in [0.2, 0.25) is 0 Å². The lowest BCUT2D eigenvalue weighted by Crippen LogP contribution is -2.26. The Balaban J connectivity index is 2.51. The average molecular weight is 251 g/mol. The van der Waals surface area contributed by atoms with Crippen LogP contribution in [0.3, 0.4) is 0 Å². The van der Waals surface area contributed by atoms with Gasteiger partial charge >= 0.3 is 0 Å². The molecule has 0 atom stereocenters. The quantitative estimate of drug-likeness (QED) is 0.724. The number of anilines is 1. The highest BCUT2D eigenvalue weighted by atomic mass is 16.5. The monoisotopic (exact) mass is 251 g/mol. The van der Waals surface area contributed by atoms with Crippen molar-refractivity contribution in [3.8, 4) is 0 Å². The Labute approximate surface area is 108 Å². The van der Waals surface area contributed by atoms with Gasteiger partial charge in [0.05, 0.1) is 0 Å². The van der Waals surface area contributed by atoms with Crippen LogP contribution in [0.2, 0.25) is 0 Å². The van der Waals surface area contributed by atoms with Crippen LogP contribution in [0.25, 0.3) is 0 Å². The number of carbonyl (C=O) groups excluding carboxylic acids is 1. The highest BCUT2D eigenvalue weighted by molar-refractivity contribution is 5.93. The van der Waals surface area contributed by atoms with E-state index in [0.717, 1.165) is 12.1 Å². The highest BCUT2D eigenvalue weighted by Crippen LogP contribution is 2.09. The second-order valence-electron chi connectivity index (χ2n) is 4.33. The first-order valence-corrected chi connectivity index (χ1v) is 6.13. The highest BCUT2D eigenvalue weighted by Gasteiger charge is 2.07. The molecule has 0 aliphatic heterocycles. The molecule has 0 saturated carbocycles. The summed E-state index contributed by atoms with van der Waals surface area (Å²) in [6.45, 7) is 5.33. The zero-order valence-electron chi connectivity index (χ0n) is 11.2. The normalized spacial score (nSPS) is 10.4. The number of ether oxygens (including phenoxy) is 1. The van der Waals surface area contributed by atoms with Gasteiger partial charge in [-0.15, -0.1) is 0 Å². The summed E-state index contributed by atoms with van der Waals surface area (Å²) in [6.07, 6.45) is 2.43. The summed E-state index contributed by atoms with van der Waals surface area (Å²) in [5.41, 5.74) is 1.33. The Hall–Kier alpha value is -1.62. The van der Waals surface area contributed by atoms with Gasteiger partial charge in [-0.25, -0.2) is 0 Å². The van der Waals surface area contributed by atoms with Crippen molar-refractivity contribution in [3.05, 3.63) is 24.0 Å². The third kappa shape index (κ3) is 5.14. The van der Waals surface area contributed by atoms with Crippen LogP contribution < -0.4 is 10.6 Å². The molecule has 100 valence electrons. The molecule has 2 N–H and O–H groups in total. The van der Waals surface area contributed by atoms with Crippen LogP contribution in [0.15, 0.2) is 18.3 Å². The second kappa shape index (κ2) is 7.66. The molecule has 0 spiro atoms. The summed E-state index contributed by atoms with van der Waals surface area (Å²) in [5, 5.41) is 6.04. The number of amides is 1. The van der Waals surface area contributed by atoms with E-state index in [9.17, 15) is 4.79 Å². The molecular weight excluding hydrogens is 230 g/mol. The molecule has 1 amide bonds. The SMILES string of the molecule is COCCCNC(=O)c1cc(NC(C)C)ccn1. The fourth-order valence-electron chi connectivity index (χ4n) is 1.49. The van der Waals surface area contributed by atoms with E-state index in [1.165, 1.54) is 0 Å². The molecule has 0 unspecified atom stereocenters. The summed E-state index contributed by atoms with van der Waals surface area (Å²) < 4.78 is 4.92. The minimum Gasteiger partial charge on any atom is -0.385 e. The Morgan fingerprint density at radius 2 is 2.28 bits per heavy atom. The zero-order chi connectivity index (χ0) is 13.4. The number of hydrogen-bond acceptors (Lipinski definition) is 4. The van der Waals surface area contributed by atoms with Gasteiger partial charge in [-0.3, -0.25) is 9.78 Å². The van der Waals surface area contributed by atoms with Crippen LogP contribution in [-0.4, -0.2) is 37.2 Å². The lowest BCUT2D eigenvalue weighted by Gasteiger charge is -2.10. The molecule has 1 rings (SSSR count). The van der Waals surface area contributed by atoms with Crippen LogP contribution in [0.4, 0.5) is 5.69 Å². The Morgan fingerprint density at radius 1 is 1.50 bits per heavy atom. The number of nitrogens with zero attached hydrogens (tertiary/aromatic N) is 1. The molecule has 0 aliphatic carbocycles. The smallest absolute Gasteiger partial charge is 0.269 e. The fraction of sp³-hybridized carbons (Fsp3) is 0.538. The maximum atomic E-state index is 11.8. The van der Waals surface area contributed by atoms with Crippen LogP contribution in [0, 0.1) is 0 Å². The molecule has 0 saturated heterocycles. The van der Waals surface area contributed by atoms with Crippen molar-refractivity contribution in [2.75, 3.05) is 25.6 Å². The molecule has 0 aromatic carbocycles. The summed E-state index contributed by atoms with van der Waals surface area (Å²) in [4.78, 5) is 15.9. The Bertz CT molecular complexity index is 380. The first kappa shape index (κ1) is 14.4. The number of rotatable bonds is 7. The number of methoxy groups -OCH3 is 1. The number of carbonyl (C=O) groups is 1. The van der Waals surface area contributed by atoms with Gasteiger partial charge in [0.1, 0.15) is 5.69 Å².